The van der Waals surface area contributed by atoms with Crippen LogP contribution in [0.3, 0.4) is 0 Å². The second-order valence-corrected chi connectivity index (χ2v) is 7.20. The molecule has 2 atom stereocenters. The van der Waals surface area contributed by atoms with Gasteiger partial charge >= 0.3 is 5.97 Å². The highest BCUT2D eigenvalue weighted by atomic mass is 16.5. The topological polar surface area (TPSA) is 58.6 Å². The summed E-state index contributed by atoms with van der Waals surface area (Å²) in [6.07, 6.45) is 0.726. The van der Waals surface area contributed by atoms with Crippen molar-refractivity contribution in [1.82, 2.24) is 10.2 Å². The van der Waals surface area contributed by atoms with Gasteiger partial charge in [-0.2, -0.15) is 0 Å². The lowest BCUT2D eigenvalue weighted by atomic mass is 9.99. The lowest BCUT2D eigenvalue weighted by molar-refractivity contribution is -0.158. The minimum absolute atomic E-state index is 0.0335. The molecule has 0 aliphatic heterocycles. The van der Waals surface area contributed by atoms with E-state index in [-0.39, 0.29) is 30.4 Å². The number of carbonyl (C=O) groups excluding carboxylic acids is 2. The van der Waals surface area contributed by atoms with Crippen molar-refractivity contribution in [2.75, 3.05) is 14.1 Å². The molecule has 0 spiro atoms. The van der Waals surface area contributed by atoms with Crippen molar-refractivity contribution in [2.24, 2.45) is 11.8 Å². The SMILES string of the molecule is CN[C@@H](CC(C)C)C(=O)N(C)[C@H](C(=O)OCc1ccccc1)C(C)C. The Hall–Kier alpha value is -1.88. The Morgan fingerprint density at radius 3 is 2.20 bits per heavy atom. The van der Waals surface area contributed by atoms with E-state index in [1.165, 1.54) is 4.90 Å². The number of likely N-dealkylation sites (N-methyl/N-ethyl adjacent to an activating group) is 2. The molecule has 25 heavy (non-hydrogen) atoms. The zero-order valence-corrected chi connectivity index (χ0v) is 16.3. The molecule has 1 aromatic rings. The van der Waals surface area contributed by atoms with Crippen LogP contribution in [0.25, 0.3) is 0 Å². The van der Waals surface area contributed by atoms with E-state index >= 15 is 0 Å². The number of amides is 1. The molecule has 0 aliphatic carbocycles. The van der Waals surface area contributed by atoms with Gasteiger partial charge in [-0.15, -0.1) is 0 Å². The van der Waals surface area contributed by atoms with Crippen LogP contribution in [0.2, 0.25) is 0 Å². The van der Waals surface area contributed by atoms with Crippen LogP contribution in [-0.2, 0) is 20.9 Å². The van der Waals surface area contributed by atoms with Gasteiger partial charge < -0.3 is 15.0 Å². The Labute approximate surface area is 151 Å². The molecule has 140 valence electrons. The molecule has 0 radical (unpaired) electrons. The molecule has 0 unspecified atom stereocenters. The number of hydrogen-bond acceptors (Lipinski definition) is 4. The molecule has 0 saturated heterocycles. The van der Waals surface area contributed by atoms with E-state index < -0.39 is 6.04 Å². The number of nitrogens with one attached hydrogen (secondary N) is 1. The van der Waals surface area contributed by atoms with Gasteiger partial charge in [0.15, 0.2) is 0 Å². The summed E-state index contributed by atoms with van der Waals surface area (Å²) in [5.74, 6) is -0.0909. The lowest BCUT2D eigenvalue weighted by Gasteiger charge is -2.32. The van der Waals surface area contributed by atoms with Crippen LogP contribution in [0.4, 0.5) is 0 Å². The minimum atomic E-state index is -0.598. The number of hydrogen-bond donors (Lipinski definition) is 1. The molecule has 0 aliphatic rings. The monoisotopic (exact) mass is 348 g/mol. The fraction of sp³-hybridized carbons (Fsp3) is 0.600. The van der Waals surface area contributed by atoms with Crippen LogP contribution in [0.5, 0.6) is 0 Å². The number of carbonyl (C=O) groups is 2. The smallest absolute Gasteiger partial charge is 0.329 e. The first-order valence-electron chi connectivity index (χ1n) is 8.92. The fourth-order valence-corrected chi connectivity index (χ4v) is 2.89. The summed E-state index contributed by atoms with van der Waals surface area (Å²) in [5.41, 5.74) is 0.931. The molecule has 0 heterocycles. The van der Waals surface area contributed by atoms with Crippen molar-refractivity contribution >= 4 is 11.9 Å². The largest absolute Gasteiger partial charge is 0.459 e. The maximum atomic E-state index is 12.8. The molecule has 0 bridgehead atoms. The number of benzene rings is 1. The molecule has 5 nitrogen and oxygen atoms in total. The van der Waals surface area contributed by atoms with Gasteiger partial charge in [0.1, 0.15) is 12.6 Å². The third kappa shape index (κ3) is 6.50. The Morgan fingerprint density at radius 1 is 1.12 bits per heavy atom. The predicted octanol–water partition coefficient (Wildman–Crippen LogP) is 2.85. The van der Waals surface area contributed by atoms with Gasteiger partial charge in [-0.05, 0) is 30.9 Å². The third-order valence-corrected chi connectivity index (χ3v) is 4.22. The zero-order chi connectivity index (χ0) is 19.0. The van der Waals surface area contributed by atoms with E-state index in [0.717, 1.165) is 12.0 Å². The Kier molecular flexibility index (Phi) is 8.62. The van der Waals surface area contributed by atoms with Crippen LogP contribution >= 0.6 is 0 Å². The van der Waals surface area contributed by atoms with Crippen molar-refractivity contribution in [3.05, 3.63) is 35.9 Å². The first-order valence-corrected chi connectivity index (χ1v) is 8.92. The Morgan fingerprint density at radius 2 is 1.72 bits per heavy atom. The first-order chi connectivity index (χ1) is 11.8. The molecule has 1 aromatic carbocycles. The van der Waals surface area contributed by atoms with Gasteiger partial charge in [0.2, 0.25) is 5.91 Å². The van der Waals surface area contributed by atoms with Crippen molar-refractivity contribution in [3.8, 4) is 0 Å². The highest BCUT2D eigenvalue weighted by Gasteiger charge is 2.34. The molecule has 1 N–H and O–H groups in total. The highest BCUT2D eigenvalue weighted by Crippen LogP contribution is 2.16. The van der Waals surface area contributed by atoms with Crippen LogP contribution in [-0.4, -0.2) is 43.0 Å². The standard InChI is InChI=1S/C20H32N2O3/c1-14(2)12-17(21-5)19(23)22(6)18(15(3)4)20(24)25-13-16-10-8-7-9-11-16/h7-11,14-15,17-18,21H,12-13H2,1-6H3/t17-,18-/m0/s1. The summed E-state index contributed by atoms with van der Waals surface area (Å²) in [5, 5.41) is 3.06. The lowest BCUT2D eigenvalue weighted by Crippen LogP contribution is -2.52. The quantitative estimate of drug-likeness (QED) is 0.697. The van der Waals surface area contributed by atoms with Crippen molar-refractivity contribution in [1.29, 1.82) is 0 Å². The second kappa shape index (κ2) is 10.2. The summed E-state index contributed by atoms with van der Waals surface area (Å²) in [7, 11) is 3.46. The van der Waals surface area contributed by atoms with E-state index in [1.54, 1.807) is 14.1 Å². The van der Waals surface area contributed by atoms with Gasteiger partial charge in [-0.25, -0.2) is 4.79 Å². The molecule has 0 saturated carbocycles. The van der Waals surface area contributed by atoms with Crippen molar-refractivity contribution in [2.45, 2.75) is 52.8 Å². The summed E-state index contributed by atoms with van der Waals surface area (Å²) in [6, 6.07) is 8.65. The van der Waals surface area contributed by atoms with Crippen LogP contribution in [0.15, 0.2) is 30.3 Å². The molecular weight excluding hydrogens is 316 g/mol. The average Bonchev–Trinajstić information content (AvgIpc) is 2.57. The molecule has 0 fully saturated rings. The van der Waals surface area contributed by atoms with Gasteiger partial charge in [-0.3, -0.25) is 4.79 Å². The second-order valence-electron chi connectivity index (χ2n) is 7.20. The molecular formula is C20H32N2O3. The molecule has 1 amide bonds. The number of ether oxygens (including phenoxy) is 1. The first kappa shape index (κ1) is 21.2. The van der Waals surface area contributed by atoms with Gasteiger partial charge in [0.05, 0.1) is 6.04 Å². The van der Waals surface area contributed by atoms with Crippen LogP contribution in [0.1, 0.15) is 39.7 Å². The van der Waals surface area contributed by atoms with Crippen molar-refractivity contribution in [3.63, 3.8) is 0 Å². The summed E-state index contributed by atoms with van der Waals surface area (Å²) < 4.78 is 5.46. The average molecular weight is 348 g/mol. The minimum Gasteiger partial charge on any atom is -0.459 e. The van der Waals surface area contributed by atoms with E-state index in [0.29, 0.717) is 5.92 Å². The Bertz CT molecular complexity index is 543. The molecule has 0 aromatic heterocycles. The zero-order valence-electron chi connectivity index (χ0n) is 16.3. The summed E-state index contributed by atoms with van der Waals surface area (Å²) >= 11 is 0. The van der Waals surface area contributed by atoms with Crippen LogP contribution in [0, 0.1) is 11.8 Å². The van der Waals surface area contributed by atoms with E-state index in [4.69, 9.17) is 4.74 Å². The number of nitrogens with zero attached hydrogens (tertiary/aromatic N) is 1. The predicted molar refractivity (Wildman–Crippen MR) is 99.9 cm³/mol. The number of esters is 1. The van der Waals surface area contributed by atoms with Crippen molar-refractivity contribution < 1.29 is 14.3 Å². The molecule has 5 heteroatoms. The molecule has 1 rings (SSSR count). The maximum absolute atomic E-state index is 12.8. The summed E-state index contributed by atoms with van der Waals surface area (Å²) in [6.45, 7) is 8.22. The van der Waals surface area contributed by atoms with Gasteiger partial charge in [-0.1, -0.05) is 58.0 Å². The summed E-state index contributed by atoms with van der Waals surface area (Å²) in [4.78, 5) is 26.9. The fourth-order valence-electron chi connectivity index (χ4n) is 2.89. The van der Waals surface area contributed by atoms with Crippen LogP contribution < -0.4 is 5.32 Å². The van der Waals surface area contributed by atoms with Gasteiger partial charge in [0, 0.05) is 7.05 Å². The highest BCUT2D eigenvalue weighted by molar-refractivity contribution is 5.87. The normalized spacial score (nSPS) is 13.6. The third-order valence-electron chi connectivity index (χ3n) is 4.22. The Balaban J connectivity index is 2.79. The number of rotatable bonds is 9. The maximum Gasteiger partial charge on any atom is 0.329 e. The van der Waals surface area contributed by atoms with E-state index in [9.17, 15) is 9.59 Å². The van der Waals surface area contributed by atoms with E-state index in [2.05, 4.69) is 19.2 Å². The van der Waals surface area contributed by atoms with E-state index in [1.807, 2.05) is 44.2 Å². The van der Waals surface area contributed by atoms with Gasteiger partial charge in [0.25, 0.3) is 0 Å².